The Morgan fingerprint density at radius 3 is 2.12 bits per heavy atom. The lowest BCUT2D eigenvalue weighted by Crippen LogP contribution is -2.61. The number of amides is 2. The summed E-state index contributed by atoms with van der Waals surface area (Å²) in [7, 11) is 5.47. The van der Waals surface area contributed by atoms with Crippen LogP contribution in [0.2, 0.25) is 0 Å². The molecule has 0 aromatic heterocycles. The predicted octanol–water partition coefficient (Wildman–Crippen LogP) is 2.10. The van der Waals surface area contributed by atoms with Gasteiger partial charge in [-0.05, 0) is 31.4 Å². The Labute approximate surface area is 205 Å². The van der Waals surface area contributed by atoms with E-state index in [0.29, 0.717) is 6.42 Å². The van der Waals surface area contributed by atoms with E-state index in [1.807, 2.05) is 34.6 Å². The number of carboxylic acids is 1. The van der Waals surface area contributed by atoms with Gasteiger partial charge in [0.2, 0.25) is 11.8 Å². The Morgan fingerprint density at radius 1 is 1.12 bits per heavy atom. The second-order valence-electron chi connectivity index (χ2n) is 10.2. The summed E-state index contributed by atoms with van der Waals surface area (Å²) in [6.45, 7) is 11.5. The molecular weight excluding hydrogens is 429 g/mol. The van der Waals surface area contributed by atoms with Crippen LogP contribution in [0.25, 0.3) is 0 Å². The number of carboxylic acid groups (broad SMARTS) is 1. The Hall–Kier alpha value is -2.61. The Morgan fingerprint density at radius 2 is 1.68 bits per heavy atom. The maximum Gasteiger partial charge on any atom is 0.331 e. The number of likely N-dealkylation sites (N-methyl/N-ethyl adjacent to an activating group) is 2. The number of hydrogen-bond acceptors (Lipinski definition) is 4. The molecule has 1 aromatic carbocycles. The van der Waals surface area contributed by atoms with Crippen molar-refractivity contribution in [2.45, 2.75) is 71.8 Å². The molecule has 0 radical (unpaired) electrons. The van der Waals surface area contributed by atoms with Crippen LogP contribution in [0.3, 0.4) is 0 Å². The van der Waals surface area contributed by atoms with Gasteiger partial charge in [-0.2, -0.15) is 0 Å². The van der Waals surface area contributed by atoms with Crippen LogP contribution in [0, 0.1) is 5.41 Å². The van der Waals surface area contributed by atoms with E-state index in [0.717, 1.165) is 11.9 Å². The van der Waals surface area contributed by atoms with Crippen molar-refractivity contribution in [2.75, 3.05) is 20.6 Å². The molecule has 2 atom stereocenters. The Kier molecular flexibility index (Phi) is 10.6. The highest BCUT2D eigenvalue weighted by Crippen LogP contribution is 2.30. The Bertz CT molecular complexity index is 894. The fourth-order valence-electron chi connectivity index (χ4n) is 3.85. The standard InChI is InChI=1S/C26H42BN3O4/c1-9-25(3,4)21(23(32)30(8)15-14-17(2)24(33)34)29-22(31)20(28-7)26(5,6)19-12-10-18(16-27)11-13-19/h10-14,20-21,28H,9,15-16,27H2,1-8H3,(H,29,31)(H,33,34)/b17-14+. The average Bonchev–Trinajstić information content (AvgIpc) is 2.80. The van der Waals surface area contributed by atoms with Gasteiger partial charge in [-0.1, -0.05) is 76.8 Å². The molecule has 188 valence electrons. The maximum absolute atomic E-state index is 13.5. The number of nitrogens with zero attached hydrogens (tertiary/aromatic N) is 1. The highest BCUT2D eigenvalue weighted by molar-refractivity contribution is 6.08. The maximum atomic E-state index is 13.5. The van der Waals surface area contributed by atoms with Gasteiger partial charge in [0.1, 0.15) is 13.9 Å². The molecule has 0 spiro atoms. The molecule has 0 saturated heterocycles. The zero-order valence-electron chi connectivity index (χ0n) is 22.3. The zero-order valence-corrected chi connectivity index (χ0v) is 22.3. The third-order valence-electron chi connectivity index (χ3n) is 6.99. The number of hydrogen-bond donors (Lipinski definition) is 3. The number of rotatable bonds is 12. The van der Waals surface area contributed by atoms with Gasteiger partial charge in [0.25, 0.3) is 0 Å². The van der Waals surface area contributed by atoms with E-state index >= 15 is 0 Å². The van der Waals surface area contributed by atoms with E-state index in [4.69, 9.17) is 5.11 Å². The molecule has 34 heavy (non-hydrogen) atoms. The van der Waals surface area contributed by atoms with Crippen molar-refractivity contribution in [1.29, 1.82) is 0 Å². The van der Waals surface area contributed by atoms with Gasteiger partial charge < -0.3 is 20.6 Å². The molecule has 8 heteroatoms. The largest absolute Gasteiger partial charge is 0.478 e. The van der Waals surface area contributed by atoms with Crippen LogP contribution in [0.4, 0.5) is 0 Å². The summed E-state index contributed by atoms with van der Waals surface area (Å²) >= 11 is 0. The third-order valence-corrected chi connectivity index (χ3v) is 6.99. The summed E-state index contributed by atoms with van der Waals surface area (Å²) in [6.07, 6.45) is 3.12. The fraction of sp³-hybridized carbons (Fsp3) is 0.577. The molecule has 7 nitrogen and oxygen atoms in total. The fourth-order valence-corrected chi connectivity index (χ4v) is 3.85. The predicted molar refractivity (Wildman–Crippen MR) is 140 cm³/mol. The molecule has 0 aliphatic carbocycles. The van der Waals surface area contributed by atoms with E-state index in [2.05, 4.69) is 42.7 Å². The first-order valence-electron chi connectivity index (χ1n) is 11.9. The summed E-state index contributed by atoms with van der Waals surface area (Å²) in [4.78, 5) is 39.5. The number of carbonyl (C=O) groups excluding carboxylic acids is 2. The van der Waals surface area contributed by atoms with Gasteiger partial charge in [-0.3, -0.25) is 9.59 Å². The first-order chi connectivity index (χ1) is 15.7. The van der Waals surface area contributed by atoms with Crippen LogP contribution < -0.4 is 10.6 Å². The molecule has 0 heterocycles. The topological polar surface area (TPSA) is 98.7 Å². The first kappa shape index (κ1) is 29.4. The summed E-state index contributed by atoms with van der Waals surface area (Å²) in [5, 5.41) is 15.3. The molecule has 3 N–H and O–H groups in total. The molecule has 0 saturated carbocycles. The first-order valence-corrected chi connectivity index (χ1v) is 11.9. The SMILES string of the molecule is BCc1ccc(C(C)(C)C(NC)C(=O)NC(C(=O)N(C)C/C=C(\C)C(=O)O)C(C)(C)CC)cc1. The van der Waals surface area contributed by atoms with Crippen molar-refractivity contribution in [3.05, 3.63) is 47.0 Å². The highest BCUT2D eigenvalue weighted by Gasteiger charge is 2.41. The van der Waals surface area contributed by atoms with Gasteiger partial charge in [0.05, 0.1) is 6.04 Å². The van der Waals surface area contributed by atoms with Crippen molar-refractivity contribution in [3.8, 4) is 0 Å². The molecule has 0 aliphatic heterocycles. The van der Waals surface area contributed by atoms with Crippen molar-refractivity contribution in [1.82, 2.24) is 15.5 Å². The third kappa shape index (κ3) is 7.19. The lowest BCUT2D eigenvalue weighted by Gasteiger charge is -2.39. The zero-order chi connectivity index (χ0) is 26.3. The summed E-state index contributed by atoms with van der Waals surface area (Å²) < 4.78 is 0. The molecule has 2 unspecified atom stereocenters. The molecule has 0 bridgehead atoms. The van der Waals surface area contributed by atoms with Crippen LogP contribution in [0.5, 0.6) is 0 Å². The van der Waals surface area contributed by atoms with Crippen LogP contribution in [0.1, 0.15) is 59.1 Å². The molecular formula is C26H42BN3O4. The molecule has 1 rings (SSSR count). The van der Waals surface area contributed by atoms with E-state index in [1.165, 1.54) is 23.5 Å². The van der Waals surface area contributed by atoms with Crippen LogP contribution in [0.15, 0.2) is 35.9 Å². The van der Waals surface area contributed by atoms with Crippen molar-refractivity contribution in [2.24, 2.45) is 5.41 Å². The van der Waals surface area contributed by atoms with E-state index in [-0.39, 0.29) is 23.9 Å². The number of benzene rings is 1. The van der Waals surface area contributed by atoms with Crippen LogP contribution >= 0.6 is 0 Å². The van der Waals surface area contributed by atoms with Gasteiger partial charge in [0.15, 0.2) is 0 Å². The van der Waals surface area contributed by atoms with Crippen LogP contribution in [-0.2, 0) is 26.1 Å². The van der Waals surface area contributed by atoms with Gasteiger partial charge in [-0.25, -0.2) is 4.79 Å². The Balaban J connectivity index is 3.20. The quantitative estimate of drug-likeness (QED) is 0.320. The lowest BCUT2D eigenvalue weighted by molar-refractivity contribution is -0.139. The summed E-state index contributed by atoms with van der Waals surface area (Å²) in [5.74, 6) is -1.53. The minimum Gasteiger partial charge on any atom is -0.478 e. The summed E-state index contributed by atoms with van der Waals surface area (Å²) in [6, 6.07) is 6.94. The molecule has 2 amide bonds. The molecule has 0 aliphatic rings. The number of aliphatic carboxylic acids is 1. The lowest BCUT2D eigenvalue weighted by atomic mass is 9.76. The second-order valence-corrected chi connectivity index (χ2v) is 10.2. The smallest absolute Gasteiger partial charge is 0.331 e. The summed E-state index contributed by atoms with van der Waals surface area (Å²) in [5.41, 5.74) is 1.40. The molecule has 0 fully saturated rings. The van der Waals surface area contributed by atoms with Gasteiger partial charge in [0, 0.05) is 24.6 Å². The normalized spacial score (nSPS) is 14.3. The minimum absolute atomic E-state index is 0.147. The monoisotopic (exact) mass is 471 g/mol. The van der Waals surface area contributed by atoms with Crippen molar-refractivity contribution in [3.63, 3.8) is 0 Å². The van der Waals surface area contributed by atoms with Crippen LogP contribution in [-0.4, -0.2) is 68.4 Å². The second kappa shape index (κ2) is 12.2. The van der Waals surface area contributed by atoms with E-state index in [1.54, 1.807) is 14.1 Å². The highest BCUT2D eigenvalue weighted by atomic mass is 16.4. The van der Waals surface area contributed by atoms with Gasteiger partial charge in [-0.15, -0.1) is 0 Å². The average molecular weight is 471 g/mol. The van der Waals surface area contributed by atoms with Crippen molar-refractivity contribution >= 4 is 25.6 Å². The van der Waals surface area contributed by atoms with Gasteiger partial charge >= 0.3 is 5.97 Å². The van der Waals surface area contributed by atoms with Crippen molar-refractivity contribution < 1.29 is 19.5 Å². The number of nitrogens with one attached hydrogen (secondary N) is 2. The van der Waals surface area contributed by atoms with E-state index in [9.17, 15) is 14.4 Å². The number of carbonyl (C=O) groups is 3. The molecule has 1 aromatic rings. The van der Waals surface area contributed by atoms with E-state index < -0.39 is 28.9 Å². The minimum atomic E-state index is -1.02.